The van der Waals surface area contributed by atoms with Crippen LogP contribution in [0.25, 0.3) is 0 Å². The van der Waals surface area contributed by atoms with Crippen molar-refractivity contribution in [2.75, 3.05) is 13.1 Å². The minimum atomic E-state index is 0.553. The Bertz CT molecular complexity index is 280. The van der Waals surface area contributed by atoms with E-state index < -0.39 is 0 Å². The maximum atomic E-state index is 5.70. The molecule has 1 aromatic rings. The monoisotopic (exact) mass is 210 g/mol. The molecule has 15 heavy (non-hydrogen) atoms. The number of nitrogens with two attached hydrogens (primary N) is 1. The molecule has 4 nitrogen and oxygen atoms in total. The zero-order chi connectivity index (χ0) is 11.3. The maximum absolute atomic E-state index is 5.70. The summed E-state index contributed by atoms with van der Waals surface area (Å²) in [6.45, 7) is 9.04. The van der Waals surface area contributed by atoms with Crippen molar-refractivity contribution in [3.63, 3.8) is 0 Å². The van der Waals surface area contributed by atoms with Gasteiger partial charge in [-0.3, -0.25) is 5.10 Å². The van der Waals surface area contributed by atoms with Gasteiger partial charge in [0.2, 0.25) is 0 Å². The second kappa shape index (κ2) is 5.88. The number of aromatic amines is 1. The average Bonchev–Trinajstić information content (AvgIpc) is 2.58. The predicted octanol–water partition coefficient (Wildman–Crippen LogP) is 1.04. The second-order valence-corrected chi connectivity index (χ2v) is 4.39. The highest BCUT2D eigenvalue weighted by Crippen LogP contribution is 2.08. The van der Waals surface area contributed by atoms with Gasteiger partial charge in [-0.15, -0.1) is 0 Å². The van der Waals surface area contributed by atoms with Crippen LogP contribution in [0, 0.1) is 18.8 Å². The molecule has 0 spiro atoms. The van der Waals surface area contributed by atoms with E-state index in [0.717, 1.165) is 25.3 Å². The molecule has 0 aliphatic carbocycles. The van der Waals surface area contributed by atoms with Crippen LogP contribution >= 0.6 is 0 Å². The fourth-order valence-corrected chi connectivity index (χ4v) is 1.54. The van der Waals surface area contributed by atoms with Gasteiger partial charge in [-0.25, -0.2) is 0 Å². The van der Waals surface area contributed by atoms with E-state index >= 15 is 0 Å². The van der Waals surface area contributed by atoms with Gasteiger partial charge in [0.1, 0.15) is 0 Å². The Morgan fingerprint density at radius 1 is 1.53 bits per heavy atom. The minimum Gasteiger partial charge on any atom is -0.330 e. The lowest BCUT2D eigenvalue weighted by Crippen LogP contribution is -2.31. The van der Waals surface area contributed by atoms with Crippen molar-refractivity contribution in [1.82, 2.24) is 15.5 Å². The lowest BCUT2D eigenvalue weighted by molar-refractivity contribution is 0.370. The van der Waals surface area contributed by atoms with E-state index in [-0.39, 0.29) is 0 Å². The normalized spacial score (nSPS) is 13.4. The molecule has 0 amide bonds. The summed E-state index contributed by atoms with van der Waals surface area (Å²) in [6.07, 6.45) is 1.87. The average molecular weight is 210 g/mol. The predicted molar refractivity (Wildman–Crippen MR) is 62.4 cm³/mol. The number of aromatic nitrogens is 2. The Morgan fingerprint density at radius 3 is 2.73 bits per heavy atom. The summed E-state index contributed by atoms with van der Waals surface area (Å²) in [5.41, 5.74) is 8.07. The quantitative estimate of drug-likeness (QED) is 0.657. The standard InChI is InChI=1S/C11H22N4/c1-8(2)10(4-12)5-13-6-11-7-14-15-9(11)3/h7-8,10,13H,4-6,12H2,1-3H3,(H,14,15). The van der Waals surface area contributed by atoms with Crippen LogP contribution in [0.15, 0.2) is 6.20 Å². The van der Waals surface area contributed by atoms with Gasteiger partial charge >= 0.3 is 0 Å². The Balaban J connectivity index is 2.29. The van der Waals surface area contributed by atoms with Crippen molar-refractivity contribution in [3.05, 3.63) is 17.5 Å². The molecule has 1 unspecified atom stereocenters. The lowest BCUT2D eigenvalue weighted by atomic mass is 9.96. The Hall–Kier alpha value is -0.870. The minimum absolute atomic E-state index is 0.553. The maximum Gasteiger partial charge on any atom is 0.0535 e. The van der Waals surface area contributed by atoms with Crippen molar-refractivity contribution in [2.45, 2.75) is 27.3 Å². The van der Waals surface area contributed by atoms with Crippen LogP contribution in [0.5, 0.6) is 0 Å². The SMILES string of the molecule is Cc1[nH]ncc1CNCC(CN)C(C)C. The zero-order valence-electron chi connectivity index (χ0n) is 9.88. The highest BCUT2D eigenvalue weighted by Gasteiger charge is 2.10. The molecule has 1 aromatic heterocycles. The van der Waals surface area contributed by atoms with Crippen molar-refractivity contribution >= 4 is 0 Å². The summed E-state index contributed by atoms with van der Waals surface area (Å²) in [5, 5.41) is 10.3. The Labute approximate surface area is 91.6 Å². The van der Waals surface area contributed by atoms with Gasteiger partial charge in [0, 0.05) is 17.8 Å². The van der Waals surface area contributed by atoms with Gasteiger partial charge in [-0.05, 0) is 31.8 Å². The van der Waals surface area contributed by atoms with E-state index in [0.29, 0.717) is 11.8 Å². The first kappa shape index (κ1) is 12.2. The molecule has 0 fully saturated rings. The van der Waals surface area contributed by atoms with Gasteiger partial charge < -0.3 is 11.1 Å². The molecule has 0 aliphatic rings. The van der Waals surface area contributed by atoms with Crippen LogP contribution in [-0.2, 0) is 6.54 Å². The lowest BCUT2D eigenvalue weighted by Gasteiger charge is -2.19. The summed E-state index contributed by atoms with van der Waals surface area (Å²) in [4.78, 5) is 0. The third-order valence-corrected chi connectivity index (χ3v) is 2.90. The Kier molecular flexibility index (Phi) is 4.78. The second-order valence-electron chi connectivity index (χ2n) is 4.39. The highest BCUT2D eigenvalue weighted by atomic mass is 15.1. The van der Waals surface area contributed by atoms with E-state index in [9.17, 15) is 0 Å². The summed E-state index contributed by atoms with van der Waals surface area (Å²) < 4.78 is 0. The molecular weight excluding hydrogens is 188 g/mol. The Morgan fingerprint density at radius 2 is 2.27 bits per heavy atom. The first-order chi connectivity index (χ1) is 7.15. The molecule has 0 aliphatic heterocycles. The molecule has 0 saturated heterocycles. The third-order valence-electron chi connectivity index (χ3n) is 2.90. The first-order valence-electron chi connectivity index (χ1n) is 5.54. The van der Waals surface area contributed by atoms with E-state index in [2.05, 4.69) is 29.4 Å². The van der Waals surface area contributed by atoms with Crippen molar-refractivity contribution < 1.29 is 0 Å². The largest absolute Gasteiger partial charge is 0.330 e. The zero-order valence-corrected chi connectivity index (χ0v) is 9.88. The van der Waals surface area contributed by atoms with Gasteiger partial charge in [-0.1, -0.05) is 13.8 Å². The molecule has 1 atom stereocenters. The van der Waals surface area contributed by atoms with Crippen LogP contribution in [-0.4, -0.2) is 23.3 Å². The summed E-state index contributed by atoms with van der Waals surface area (Å²) in [5.74, 6) is 1.19. The van der Waals surface area contributed by atoms with Crippen LogP contribution in [0.1, 0.15) is 25.1 Å². The van der Waals surface area contributed by atoms with Crippen LogP contribution in [0.2, 0.25) is 0 Å². The number of nitrogens with zero attached hydrogens (tertiary/aromatic N) is 1. The number of H-pyrrole nitrogens is 1. The van der Waals surface area contributed by atoms with Gasteiger partial charge in [0.25, 0.3) is 0 Å². The molecule has 0 saturated carbocycles. The molecule has 86 valence electrons. The molecular formula is C11H22N4. The van der Waals surface area contributed by atoms with Gasteiger partial charge in [-0.2, -0.15) is 5.10 Å². The number of rotatable bonds is 6. The molecule has 0 bridgehead atoms. The molecule has 0 aromatic carbocycles. The fraction of sp³-hybridized carbons (Fsp3) is 0.727. The van der Waals surface area contributed by atoms with Crippen molar-refractivity contribution in [1.29, 1.82) is 0 Å². The molecule has 4 N–H and O–H groups in total. The van der Waals surface area contributed by atoms with Gasteiger partial charge in [0.15, 0.2) is 0 Å². The van der Waals surface area contributed by atoms with Crippen molar-refractivity contribution in [3.8, 4) is 0 Å². The topological polar surface area (TPSA) is 66.7 Å². The molecule has 0 radical (unpaired) electrons. The number of hydrogen-bond donors (Lipinski definition) is 3. The highest BCUT2D eigenvalue weighted by molar-refractivity contribution is 5.13. The van der Waals surface area contributed by atoms with Crippen molar-refractivity contribution in [2.24, 2.45) is 17.6 Å². The number of aryl methyl sites for hydroxylation is 1. The van der Waals surface area contributed by atoms with Crippen LogP contribution < -0.4 is 11.1 Å². The number of hydrogen-bond acceptors (Lipinski definition) is 3. The summed E-state index contributed by atoms with van der Waals surface area (Å²) in [6, 6.07) is 0. The van der Waals surface area contributed by atoms with E-state index in [4.69, 9.17) is 5.73 Å². The fourth-order valence-electron chi connectivity index (χ4n) is 1.54. The summed E-state index contributed by atoms with van der Waals surface area (Å²) in [7, 11) is 0. The third kappa shape index (κ3) is 3.64. The van der Waals surface area contributed by atoms with E-state index in [1.54, 1.807) is 0 Å². The van der Waals surface area contributed by atoms with E-state index in [1.165, 1.54) is 5.56 Å². The van der Waals surface area contributed by atoms with E-state index in [1.807, 2.05) is 13.1 Å². The number of nitrogens with one attached hydrogen (secondary N) is 2. The van der Waals surface area contributed by atoms with Gasteiger partial charge in [0.05, 0.1) is 6.20 Å². The molecule has 4 heteroatoms. The first-order valence-corrected chi connectivity index (χ1v) is 5.54. The van der Waals surface area contributed by atoms with Crippen LogP contribution in [0.4, 0.5) is 0 Å². The smallest absolute Gasteiger partial charge is 0.0535 e. The van der Waals surface area contributed by atoms with Crippen LogP contribution in [0.3, 0.4) is 0 Å². The summed E-state index contributed by atoms with van der Waals surface area (Å²) >= 11 is 0. The molecule has 1 rings (SSSR count). The molecule has 1 heterocycles.